The van der Waals surface area contributed by atoms with Crippen LogP contribution >= 0.6 is 11.6 Å². The Morgan fingerprint density at radius 2 is 2.16 bits per heavy atom. The number of hydrogen-bond acceptors (Lipinski definition) is 6. The van der Waals surface area contributed by atoms with E-state index < -0.39 is 10.0 Å². The minimum atomic E-state index is -3.88. The van der Waals surface area contributed by atoms with Crippen molar-refractivity contribution in [3.8, 4) is 0 Å². The van der Waals surface area contributed by atoms with Crippen LogP contribution in [0.25, 0.3) is 0 Å². The van der Waals surface area contributed by atoms with Gasteiger partial charge in [-0.05, 0) is 42.3 Å². The molecule has 0 aromatic heterocycles. The van der Waals surface area contributed by atoms with Crippen molar-refractivity contribution in [3.63, 3.8) is 0 Å². The highest BCUT2D eigenvalue weighted by molar-refractivity contribution is 7.96. The van der Waals surface area contributed by atoms with Crippen LogP contribution in [-0.2, 0) is 27.9 Å². The Labute approximate surface area is 150 Å². The summed E-state index contributed by atoms with van der Waals surface area (Å²) in [7, 11) is -3.88. The van der Waals surface area contributed by atoms with Crippen molar-refractivity contribution in [2.45, 2.75) is 13.0 Å². The molecule has 2 aliphatic rings. The molecule has 0 bridgehead atoms. The minimum Gasteiger partial charge on any atom is -0.312 e. The number of sulfonamides is 1. The summed E-state index contributed by atoms with van der Waals surface area (Å²) >= 11 is 5.99. The van der Waals surface area contributed by atoms with E-state index in [1.165, 1.54) is 12.2 Å². The molecule has 132 valence electrons. The number of nitrogens with two attached hydrogens (primary N) is 1. The van der Waals surface area contributed by atoms with Gasteiger partial charge in [-0.1, -0.05) is 35.5 Å². The van der Waals surface area contributed by atoms with E-state index in [0.29, 0.717) is 12.2 Å². The molecule has 1 aliphatic carbocycles. The molecule has 0 amide bonds. The molecule has 0 unspecified atom stereocenters. The first-order chi connectivity index (χ1) is 11.9. The van der Waals surface area contributed by atoms with Crippen LogP contribution in [0.5, 0.6) is 0 Å². The lowest BCUT2D eigenvalue weighted by molar-refractivity contribution is 0.149. The first-order valence-electron chi connectivity index (χ1n) is 7.49. The molecule has 0 saturated heterocycles. The van der Waals surface area contributed by atoms with Crippen molar-refractivity contribution < 1.29 is 13.4 Å². The highest BCUT2D eigenvalue weighted by atomic mass is 35.5. The molecule has 0 radical (unpaired) electrons. The van der Waals surface area contributed by atoms with Gasteiger partial charge < -0.3 is 10.3 Å². The average Bonchev–Trinajstić information content (AvgIpc) is 2.58. The Bertz CT molecular complexity index is 919. The van der Waals surface area contributed by atoms with Gasteiger partial charge in [-0.3, -0.25) is 4.72 Å². The van der Waals surface area contributed by atoms with E-state index in [4.69, 9.17) is 17.5 Å². The Balaban J connectivity index is 1.96. The van der Waals surface area contributed by atoms with E-state index in [1.807, 2.05) is 12.1 Å². The molecule has 0 spiro atoms. The van der Waals surface area contributed by atoms with Crippen LogP contribution in [0.3, 0.4) is 0 Å². The fraction of sp³-hybridized carbons (Fsp3) is 0.188. The van der Waals surface area contributed by atoms with Crippen molar-refractivity contribution in [1.82, 2.24) is 5.32 Å². The number of benzene rings is 1. The number of anilines is 1. The van der Waals surface area contributed by atoms with Gasteiger partial charge in [0.15, 0.2) is 0 Å². The lowest BCUT2D eigenvalue weighted by Gasteiger charge is -2.22. The van der Waals surface area contributed by atoms with Gasteiger partial charge in [0.05, 0.1) is 15.6 Å². The van der Waals surface area contributed by atoms with Crippen molar-refractivity contribution in [3.05, 3.63) is 63.6 Å². The highest BCUT2D eigenvalue weighted by Gasteiger charge is 2.28. The molecule has 0 saturated carbocycles. The third kappa shape index (κ3) is 3.47. The summed E-state index contributed by atoms with van der Waals surface area (Å²) in [5, 5.41) is 6.99. The van der Waals surface area contributed by atoms with Crippen LogP contribution in [0.2, 0.25) is 0 Å². The Hall–Kier alpha value is -2.13. The van der Waals surface area contributed by atoms with Crippen LogP contribution in [0, 0.1) is 0 Å². The van der Waals surface area contributed by atoms with Gasteiger partial charge in [0, 0.05) is 12.1 Å². The Kier molecular flexibility index (Phi) is 4.96. The largest absolute Gasteiger partial charge is 0.312 e. The van der Waals surface area contributed by atoms with Gasteiger partial charge in [0.25, 0.3) is 10.0 Å². The number of hydrogen-bond donors (Lipinski definition) is 3. The standard InChI is InChI=1S/C16H17ClN4O3S/c1-10-15(6-5-13(17)16(10)20-24-18)25(22,23)21-14-4-2-3-11-9-19-8-7-12(11)14/h2-6,19,21H,1,7-9,18H2/b20-16+. The van der Waals surface area contributed by atoms with Crippen molar-refractivity contribution in [2.75, 3.05) is 11.3 Å². The van der Waals surface area contributed by atoms with Crippen LogP contribution < -0.4 is 15.9 Å². The Morgan fingerprint density at radius 3 is 2.92 bits per heavy atom. The molecule has 1 aliphatic heterocycles. The lowest BCUT2D eigenvalue weighted by atomic mass is 9.99. The summed E-state index contributed by atoms with van der Waals surface area (Å²) < 4.78 is 28.3. The molecule has 7 nitrogen and oxygen atoms in total. The minimum absolute atomic E-state index is 0.0424. The number of rotatable bonds is 4. The number of oxime groups is 1. The van der Waals surface area contributed by atoms with Crippen LogP contribution in [-0.4, -0.2) is 20.7 Å². The second-order valence-corrected chi connectivity index (χ2v) is 7.60. The molecule has 0 fully saturated rings. The monoisotopic (exact) mass is 380 g/mol. The summed E-state index contributed by atoms with van der Waals surface area (Å²) in [5.41, 5.74) is 2.80. The van der Waals surface area contributed by atoms with E-state index >= 15 is 0 Å². The maximum absolute atomic E-state index is 12.9. The fourth-order valence-corrected chi connectivity index (χ4v) is 4.29. The SMILES string of the molecule is C=C1C(S(=O)(=O)Nc2cccc3c2CCNC3)=CC=C(Cl)/C1=N/ON. The van der Waals surface area contributed by atoms with Gasteiger partial charge in [-0.25, -0.2) is 8.42 Å². The molecule has 4 N–H and O–H groups in total. The molecule has 1 heterocycles. The predicted molar refractivity (Wildman–Crippen MR) is 98.3 cm³/mol. The number of nitrogens with zero attached hydrogens (tertiary/aromatic N) is 1. The van der Waals surface area contributed by atoms with Crippen LogP contribution in [0.4, 0.5) is 5.69 Å². The number of nitrogens with one attached hydrogen (secondary N) is 2. The van der Waals surface area contributed by atoms with Crippen LogP contribution in [0.15, 0.2) is 57.6 Å². The van der Waals surface area contributed by atoms with E-state index in [2.05, 4.69) is 26.7 Å². The zero-order chi connectivity index (χ0) is 18.0. The zero-order valence-electron chi connectivity index (χ0n) is 13.3. The van der Waals surface area contributed by atoms with Gasteiger partial charge in [0.1, 0.15) is 5.71 Å². The first-order valence-corrected chi connectivity index (χ1v) is 9.36. The summed E-state index contributed by atoms with van der Waals surface area (Å²) in [5.74, 6) is 4.93. The van der Waals surface area contributed by atoms with Gasteiger partial charge in [-0.15, -0.1) is 5.90 Å². The van der Waals surface area contributed by atoms with Gasteiger partial charge in [-0.2, -0.15) is 0 Å². The smallest absolute Gasteiger partial charge is 0.262 e. The maximum Gasteiger partial charge on any atom is 0.262 e. The number of allylic oxidation sites excluding steroid dienone is 4. The second-order valence-electron chi connectivity index (χ2n) is 5.54. The molecule has 25 heavy (non-hydrogen) atoms. The molecule has 9 heteroatoms. The average molecular weight is 381 g/mol. The normalized spacial score (nSPS) is 19.1. The topological polar surface area (TPSA) is 106 Å². The van der Waals surface area contributed by atoms with Crippen LogP contribution in [0.1, 0.15) is 11.1 Å². The molecular weight excluding hydrogens is 364 g/mol. The summed E-state index contributed by atoms with van der Waals surface area (Å²) in [6.07, 6.45) is 3.53. The third-order valence-electron chi connectivity index (χ3n) is 4.01. The molecular formula is C16H17ClN4O3S. The number of fused-ring (bicyclic) bond motifs is 1. The predicted octanol–water partition coefficient (Wildman–Crippen LogP) is 1.90. The van der Waals surface area contributed by atoms with E-state index in [-0.39, 0.29) is 21.2 Å². The molecule has 1 aromatic rings. The van der Waals surface area contributed by atoms with E-state index in [9.17, 15) is 8.42 Å². The molecule has 1 aromatic carbocycles. The second kappa shape index (κ2) is 7.01. The Morgan fingerprint density at radius 1 is 1.36 bits per heavy atom. The summed E-state index contributed by atoms with van der Waals surface area (Å²) in [6.45, 7) is 5.26. The lowest BCUT2D eigenvalue weighted by Crippen LogP contribution is -2.26. The zero-order valence-corrected chi connectivity index (χ0v) is 14.8. The summed E-state index contributed by atoms with van der Waals surface area (Å²) in [6, 6.07) is 5.54. The van der Waals surface area contributed by atoms with Crippen molar-refractivity contribution in [2.24, 2.45) is 11.1 Å². The first kappa shape index (κ1) is 17.7. The van der Waals surface area contributed by atoms with Gasteiger partial charge >= 0.3 is 0 Å². The van der Waals surface area contributed by atoms with Crippen molar-refractivity contribution >= 4 is 33.0 Å². The maximum atomic E-state index is 12.9. The molecule has 0 atom stereocenters. The molecule has 3 rings (SSSR count). The third-order valence-corrected chi connectivity index (χ3v) is 5.76. The van der Waals surface area contributed by atoms with E-state index in [0.717, 1.165) is 24.1 Å². The highest BCUT2D eigenvalue weighted by Crippen LogP contribution is 2.30. The quantitative estimate of drug-likeness (QED) is 0.692. The number of halogens is 1. The fourth-order valence-electron chi connectivity index (χ4n) is 2.82. The van der Waals surface area contributed by atoms with Crippen molar-refractivity contribution in [1.29, 1.82) is 0 Å². The van der Waals surface area contributed by atoms with Gasteiger partial charge in [0.2, 0.25) is 0 Å². The van der Waals surface area contributed by atoms with E-state index in [1.54, 1.807) is 6.07 Å². The summed E-state index contributed by atoms with van der Waals surface area (Å²) in [4.78, 5) is 4.19.